The Bertz CT molecular complexity index is 769. The molecule has 1 fully saturated rings. The standard InChI is InChI=1S/C22H25ClN2O2/c1-2-24(16-17-6-4-3-5-7-17)21(26)19-12-14-25(15-13-19)22(27)18-8-10-20(23)11-9-18/h3-11,19H,2,12-16H2,1H3. The molecule has 2 aromatic rings. The molecular weight excluding hydrogens is 360 g/mol. The molecule has 3 rings (SSSR count). The monoisotopic (exact) mass is 384 g/mol. The van der Waals surface area contributed by atoms with Crippen molar-refractivity contribution < 1.29 is 9.59 Å². The van der Waals surface area contributed by atoms with Crippen LogP contribution in [0.2, 0.25) is 5.02 Å². The van der Waals surface area contributed by atoms with E-state index in [9.17, 15) is 9.59 Å². The topological polar surface area (TPSA) is 40.6 Å². The molecule has 0 aliphatic carbocycles. The number of hydrogen-bond acceptors (Lipinski definition) is 2. The molecule has 1 aliphatic heterocycles. The molecule has 1 saturated heterocycles. The summed E-state index contributed by atoms with van der Waals surface area (Å²) in [6.45, 7) is 4.57. The van der Waals surface area contributed by atoms with Gasteiger partial charge in [0.25, 0.3) is 5.91 Å². The van der Waals surface area contributed by atoms with Gasteiger partial charge in [0.2, 0.25) is 5.91 Å². The second-order valence-corrected chi connectivity index (χ2v) is 7.35. The molecule has 142 valence electrons. The third-order valence-electron chi connectivity index (χ3n) is 5.13. The first-order valence-corrected chi connectivity index (χ1v) is 9.84. The average Bonchev–Trinajstić information content (AvgIpc) is 2.72. The van der Waals surface area contributed by atoms with Crippen LogP contribution in [0.4, 0.5) is 0 Å². The normalized spacial score (nSPS) is 14.8. The molecule has 0 bridgehead atoms. The summed E-state index contributed by atoms with van der Waals surface area (Å²) in [6, 6.07) is 17.0. The maximum absolute atomic E-state index is 12.9. The van der Waals surface area contributed by atoms with Gasteiger partial charge in [0.1, 0.15) is 0 Å². The van der Waals surface area contributed by atoms with Crippen LogP contribution in [0, 0.1) is 5.92 Å². The lowest BCUT2D eigenvalue weighted by molar-refractivity contribution is -0.137. The van der Waals surface area contributed by atoms with E-state index in [1.807, 2.05) is 47.1 Å². The Labute approximate surface area is 165 Å². The first-order valence-electron chi connectivity index (χ1n) is 9.46. The zero-order chi connectivity index (χ0) is 19.2. The van der Waals surface area contributed by atoms with Crippen molar-refractivity contribution in [2.24, 2.45) is 5.92 Å². The molecule has 2 amide bonds. The molecule has 0 unspecified atom stereocenters. The number of amides is 2. The zero-order valence-electron chi connectivity index (χ0n) is 15.6. The number of likely N-dealkylation sites (tertiary alicyclic amines) is 1. The van der Waals surface area contributed by atoms with Crippen molar-refractivity contribution in [1.29, 1.82) is 0 Å². The van der Waals surface area contributed by atoms with Gasteiger partial charge in [-0.1, -0.05) is 41.9 Å². The summed E-state index contributed by atoms with van der Waals surface area (Å²) in [5, 5.41) is 0.619. The molecule has 27 heavy (non-hydrogen) atoms. The van der Waals surface area contributed by atoms with Crippen LogP contribution in [-0.2, 0) is 11.3 Å². The molecule has 0 N–H and O–H groups in total. The minimum Gasteiger partial charge on any atom is -0.339 e. The summed E-state index contributed by atoms with van der Waals surface area (Å²) in [4.78, 5) is 29.3. The highest BCUT2D eigenvalue weighted by Crippen LogP contribution is 2.22. The zero-order valence-corrected chi connectivity index (χ0v) is 16.4. The lowest BCUT2D eigenvalue weighted by Gasteiger charge is -2.34. The van der Waals surface area contributed by atoms with E-state index in [0.717, 1.165) is 5.56 Å². The van der Waals surface area contributed by atoms with Crippen LogP contribution < -0.4 is 0 Å². The van der Waals surface area contributed by atoms with Crippen molar-refractivity contribution in [1.82, 2.24) is 9.80 Å². The molecule has 2 aromatic carbocycles. The van der Waals surface area contributed by atoms with Crippen LogP contribution in [0.1, 0.15) is 35.7 Å². The molecule has 0 atom stereocenters. The van der Waals surface area contributed by atoms with Crippen LogP contribution >= 0.6 is 11.6 Å². The van der Waals surface area contributed by atoms with E-state index in [-0.39, 0.29) is 17.7 Å². The number of halogens is 1. The smallest absolute Gasteiger partial charge is 0.253 e. The van der Waals surface area contributed by atoms with Gasteiger partial charge in [-0.15, -0.1) is 0 Å². The Morgan fingerprint density at radius 3 is 2.26 bits per heavy atom. The lowest BCUT2D eigenvalue weighted by atomic mass is 9.94. The molecular formula is C22H25ClN2O2. The maximum Gasteiger partial charge on any atom is 0.253 e. The SMILES string of the molecule is CCN(Cc1ccccc1)C(=O)C1CCN(C(=O)c2ccc(Cl)cc2)CC1. The average molecular weight is 385 g/mol. The van der Waals surface area contributed by atoms with Gasteiger partial charge < -0.3 is 9.80 Å². The number of hydrogen-bond donors (Lipinski definition) is 0. The molecule has 0 spiro atoms. The van der Waals surface area contributed by atoms with Gasteiger partial charge >= 0.3 is 0 Å². The second-order valence-electron chi connectivity index (χ2n) is 6.91. The molecule has 0 radical (unpaired) electrons. The molecule has 1 heterocycles. The third kappa shape index (κ3) is 4.89. The van der Waals surface area contributed by atoms with Gasteiger partial charge in [0.15, 0.2) is 0 Å². The number of nitrogens with zero attached hydrogens (tertiary/aromatic N) is 2. The van der Waals surface area contributed by atoms with Gasteiger partial charge in [0, 0.05) is 42.7 Å². The van der Waals surface area contributed by atoms with Gasteiger partial charge in [-0.25, -0.2) is 0 Å². The number of carbonyl (C=O) groups excluding carboxylic acids is 2. The van der Waals surface area contributed by atoms with Crippen LogP contribution in [0.5, 0.6) is 0 Å². The van der Waals surface area contributed by atoms with Gasteiger partial charge in [-0.05, 0) is 49.6 Å². The highest BCUT2D eigenvalue weighted by Gasteiger charge is 2.30. The predicted molar refractivity (Wildman–Crippen MR) is 108 cm³/mol. The number of rotatable bonds is 5. The summed E-state index contributed by atoms with van der Waals surface area (Å²) >= 11 is 5.89. The van der Waals surface area contributed by atoms with Crippen LogP contribution in [0.25, 0.3) is 0 Å². The summed E-state index contributed by atoms with van der Waals surface area (Å²) < 4.78 is 0. The van der Waals surface area contributed by atoms with Crippen molar-refractivity contribution in [2.45, 2.75) is 26.3 Å². The largest absolute Gasteiger partial charge is 0.339 e. The summed E-state index contributed by atoms with van der Waals surface area (Å²) in [5.74, 6) is 0.192. The van der Waals surface area contributed by atoms with Crippen molar-refractivity contribution in [3.8, 4) is 0 Å². The first-order chi connectivity index (χ1) is 13.1. The van der Waals surface area contributed by atoms with Gasteiger partial charge in [-0.3, -0.25) is 9.59 Å². The summed E-state index contributed by atoms with van der Waals surface area (Å²) in [5.41, 5.74) is 1.78. The quantitative estimate of drug-likeness (QED) is 0.773. The van der Waals surface area contributed by atoms with Crippen LogP contribution in [0.15, 0.2) is 54.6 Å². The first kappa shape index (κ1) is 19.4. The van der Waals surface area contributed by atoms with Crippen molar-refractivity contribution in [3.05, 3.63) is 70.7 Å². The van der Waals surface area contributed by atoms with E-state index in [2.05, 4.69) is 0 Å². The van der Waals surface area contributed by atoms with E-state index in [0.29, 0.717) is 49.6 Å². The van der Waals surface area contributed by atoms with Crippen molar-refractivity contribution >= 4 is 23.4 Å². The van der Waals surface area contributed by atoms with Crippen molar-refractivity contribution in [3.63, 3.8) is 0 Å². The number of benzene rings is 2. The fourth-order valence-corrected chi connectivity index (χ4v) is 3.64. The molecule has 0 aromatic heterocycles. The highest BCUT2D eigenvalue weighted by molar-refractivity contribution is 6.30. The molecule has 5 heteroatoms. The Kier molecular flexibility index (Phi) is 6.51. The maximum atomic E-state index is 12.9. The molecule has 0 saturated carbocycles. The number of carbonyl (C=O) groups is 2. The van der Waals surface area contributed by atoms with Gasteiger partial charge in [-0.2, -0.15) is 0 Å². The van der Waals surface area contributed by atoms with E-state index >= 15 is 0 Å². The van der Waals surface area contributed by atoms with E-state index in [1.165, 1.54) is 0 Å². The van der Waals surface area contributed by atoms with Crippen molar-refractivity contribution in [2.75, 3.05) is 19.6 Å². The Balaban J connectivity index is 1.56. The highest BCUT2D eigenvalue weighted by atomic mass is 35.5. The Hall–Kier alpha value is -2.33. The van der Waals surface area contributed by atoms with E-state index < -0.39 is 0 Å². The van der Waals surface area contributed by atoms with Crippen LogP contribution in [-0.4, -0.2) is 41.2 Å². The Morgan fingerprint density at radius 1 is 1.04 bits per heavy atom. The summed E-state index contributed by atoms with van der Waals surface area (Å²) in [6.07, 6.45) is 1.42. The Morgan fingerprint density at radius 2 is 1.67 bits per heavy atom. The second kappa shape index (κ2) is 9.05. The minimum atomic E-state index is -0.0112. The molecule has 4 nitrogen and oxygen atoms in total. The predicted octanol–water partition coefficient (Wildman–Crippen LogP) is 4.24. The fourth-order valence-electron chi connectivity index (χ4n) is 3.51. The third-order valence-corrected chi connectivity index (χ3v) is 5.38. The van der Waals surface area contributed by atoms with Crippen LogP contribution in [0.3, 0.4) is 0 Å². The van der Waals surface area contributed by atoms with E-state index in [4.69, 9.17) is 11.6 Å². The molecule has 1 aliphatic rings. The summed E-state index contributed by atoms with van der Waals surface area (Å²) in [7, 11) is 0. The van der Waals surface area contributed by atoms with E-state index in [1.54, 1.807) is 24.3 Å². The van der Waals surface area contributed by atoms with Gasteiger partial charge in [0.05, 0.1) is 0 Å². The minimum absolute atomic E-state index is 0.00852. The number of piperidine rings is 1. The lowest BCUT2D eigenvalue weighted by Crippen LogP contribution is -2.44. The fraction of sp³-hybridized carbons (Fsp3) is 0.364.